The predicted molar refractivity (Wildman–Crippen MR) is 69.0 cm³/mol. The van der Waals surface area contributed by atoms with Crippen molar-refractivity contribution < 1.29 is 9.18 Å². The van der Waals surface area contributed by atoms with Gasteiger partial charge in [-0.3, -0.25) is 4.79 Å². The van der Waals surface area contributed by atoms with Crippen LogP contribution in [0, 0.1) is 5.82 Å². The molecule has 18 heavy (non-hydrogen) atoms. The summed E-state index contributed by atoms with van der Waals surface area (Å²) in [5.41, 5.74) is 0.640. The maximum Gasteiger partial charge on any atom is 0.225 e. The molecule has 0 aliphatic carbocycles. The summed E-state index contributed by atoms with van der Waals surface area (Å²) in [7, 11) is 0. The molecular formula is C13H18FN3O. The molecule has 0 saturated carbocycles. The van der Waals surface area contributed by atoms with E-state index in [1.54, 1.807) is 12.1 Å². The van der Waals surface area contributed by atoms with E-state index < -0.39 is 0 Å². The molecule has 0 atom stereocenters. The third-order valence-electron chi connectivity index (χ3n) is 2.99. The monoisotopic (exact) mass is 251 g/mol. The lowest BCUT2D eigenvalue weighted by molar-refractivity contribution is -0.116. The van der Waals surface area contributed by atoms with Gasteiger partial charge in [0.2, 0.25) is 5.91 Å². The number of hydrogen-bond donors (Lipinski definition) is 2. The lowest BCUT2D eigenvalue weighted by Gasteiger charge is -2.26. The van der Waals surface area contributed by atoms with E-state index in [0.717, 1.165) is 32.7 Å². The molecule has 1 aromatic carbocycles. The molecule has 2 N–H and O–H groups in total. The first-order valence-corrected chi connectivity index (χ1v) is 6.22. The molecule has 1 aliphatic rings. The first kappa shape index (κ1) is 13.0. The van der Waals surface area contributed by atoms with E-state index in [-0.39, 0.29) is 11.7 Å². The Morgan fingerprint density at radius 3 is 2.61 bits per heavy atom. The zero-order valence-electron chi connectivity index (χ0n) is 10.3. The molecule has 2 rings (SSSR count). The number of nitrogens with zero attached hydrogens (tertiary/aromatic N) is 1. The van der Waals surface area contributed by atoms with Crippen LogP contribution in [0.4, 0.5) is 10.1 Å². The predicted octanol–water partition coefficient (Wildman–Crippen LogP) is 1.06. The Morgan fingerprint density at radius 1 is 1.28 bits per heavy atom. The minimum atomic E-state index is -0.297. The fourth-order valence-corrected chi connectivity index (χ4v) is 1.95. The van der Waals surface area contributed by atoms with Gasteiger partial charge in [-0.25, -0.2) is 4.39 Å². The van der Waals surface area contributed by atoms with Gasteiger partial charge < -0.3 is 15.5 Å². The van der Waals surface area contributed by atoms with Crippen LogP contribution >= 0.6 is 0 Å². The summed E-state index contributed by atoms with van der Waals surface area (Å²) in [6, 6.07) is 5.81. The smallest absolute Gasteiger partial charge is 0.225 e. The fourth-order valence-electron chi connectivity index (χ4n) is 1.95. The second-order valence-corrected chi connectivity index (χ2v) is 4.40. The van der Waals surface area contributed by atoms with Gasteiger partial charge in [-0.15, -0.1) is 0 Å². The lowest BCUT2D eigenvalue weighted by Crippen LogP contribution is -2.44. The number of amides is 1. The lowest BCUT2D eigenvalue weighted by atomic mass is 10.3. The molecule has 0 radical (unpaired) electrons. The van der Waals surface area contributed by atoms with Crippen molar-refractivity contribution in [1.29, 1.82) is 0 Å². The van der Waals surface area contributed by atoms with E-state index in [1.165, 1.54) is 12.1 Å². The van der Waals surface area contributed by atoms with Crippen molar-refractivity contribution >= 4 is 11.6 Å². The highest BCUT2D eigenvalue weighted by molar-refractivity contribution is 5.90. The van der Waals surface area contributed by atoms with Crippen molar-refractivity contribution in [3.05, 3.63) is 30.1 Å². The highest BCUT2D eigenvalue weighted by Crippen LogP contribution is 2.08. The molecule has 0 aromatic heterocycles. The number of carbonyl (C=O) groups is 1. The van der Waals surface area contributed by atoms with Crippen molar-refractivity contribution in [2.45, 2.75) is 6.42 Å². The van der Waals surface area contributed by atoms with Crippen molar-refractivity contribution in [2.75, 3.05) is 38.0 Å². The van der Waals surface area contributed by atoms with Gasteiger partial charge >= 0.3 is 0 Å². The molecule has 5 heteroatoms. The van der Waals surface area contributed by atoms with Gasteiger partial charge in [0.25, 0.3) is 0 Å². The van der Waals surface area contributed by atoms with Crippen LogP contribution in [-0.4, -0.2) is 43.5 Å². The highest BCUT2D eigenvalue weighted by atomic mass is 19.1. The van der Waals surface area contributed by atoms with Crippen LogP contribution in [-0.2, 0) is 4.79 Å². The van der Waals surface area contributed by atoms with Crippen molar-refractivity contribution in [2.24, 2.45) is 0 Å². The Morgan fingerprint density at radius 2 is 1.94 bits per heavy atom. The molecule has 1 aliphatic heterocycles. The number of rotatable bonds is 4. The van der Waals surface area contributed by atoms with Crippen LogP contribution in [0.15, 0.2) is 24.3 Å². The molecule has 1 heterocycles. The Balaban J connectivity index is 1.73. The van der Waals surface area contributed by atoms with E-state index >= 15 is 0 Å². The van der Waals surface area contributed by atoms with Crippen LogP contribution in [0.5, 0.6) is 0 Å². The number of hydrogen-bond acceptors (Lipinski definition) is 3. The van der Waals surface area contributed by atoms with Gasteiger partial charge in [0.15, 0.2) is 0 Å². The number of carbonyl (C=O) groups excluding carboxylic acids is 1. The number of nitrogens with one attached hydrogen (secondary N) is 2. The molecule has 1 fully saturated rings. The molecule has 0 spiro atoms. The van der Waals surface area contributed by atoms with Crippen LogP contribution in [0.1, 0.15) is 6.42 Å². The van der Waals surface area contributed by atoms with E-state index in [1.807, 2.05) is 0 Å². The minimum absolute atomic E-state index is 0.0276. The Hall–Kier alpha value is -1.46. The number of halogens is 1. The van der Waals surface area contributed by atoms with Crippen molar-refractivity contribution in [3.8, 4) is 0 Å². The average Bonchev–Trinajstić information content (AvgIpc) is 2.40. The standard InChI is InChI=1S/C13H18FN3O/c14-11-1-3-12(4-2-11)16-13(18)5-8-17-9-6-15-7-10-17/h1-4,15H,5-10H2,(H,16,18). The summed E-state index contributed by atoms with van der Waals surface area (Å²) in [5.74, 6) is -0.325. The Bertz CT molecular complexity index is 388. The SMILES string of the molecule is O=C(CCN1CCNCC1)Nc1ccc(F)cc1. The summed E-state index contributed by atoms with van der Waals surface area (Å²) in [6.07, 6.45) is 0.470. The van der Waals surface area contributed by atoms with Gasteiger partial charge in [-0.2, -0.15) is 0 Å². The summed E-state index contributed by atoms with van der Waals surface area (Å²) in [4.78, 5) is 14.0. The summed E-state index contributed by atoms with van der Waals surface area (Å²) >= 11 is 0. The second-order valence-electron chi connectivity index (χ2n) is 4.40. The molecule has 4 nitrogen and oxygen atoms in total. The van der Waals surface area contributed by atoms with Crippen LogP contribution in [0.3, 0.4) is 0 Å². The zero-order valence-corrected chi connectivity index (χ0v) is 10.3. The third-order valence-corrected chi connectivity index (χ3v) is 2.99. The van der Waals surface area contributed by atoms with Crippen LogP contribution < -0.4 is 10.6 Å². The van der Waals surface area contributed by atoms with E-state index in [4.69, 9.17) is 0 Å². The molecule has 1 amide bonds. The maximum atomic E-state index is 12.7. The number of benzene rings is 1. The van der Waals surface area contributed by atoms with Gasteiger partial charge in [0.05, 0.1) is 0 Å². The minimum Gasteiger partial charge on any atom is -0.326 e. The number of anilines is 1. The van der Waals surface area contributed by atoms with Crippen LogP contribution in [0.2, 0.25) is 0 Å². The van der Waals surface area contributed by atoms with E-state index in [2.05, 4.69) is 15.5 Å². The van der Waals surface area contributed by atoms with E-state index in [9.17, 15) is 9.18 Å². The van der Waals surface area contributed by atoms with Crippen molar-refractivity contribution in [3.63, 3.8) is 0 Å². The van der Waals surface area contributed by atoms with Gasteiger partial charge in [-0.05, 0) is 24.3 Å². The summed E-state index contributed by atoms with van der Waals surface area (Å²) in [6.45, 7) is 4.72. The van der Waals surface area contributed by atoms with Crippen molar-refractivity contribution in [1.82, 2.24) is 10.2 Å². The average molecular weight is 251 g/mol. The summed E-state index contributed by atoms with van der Waals surface area (Å²) < 4.78 is 12.7. The largest absolute Gasteiger partial charge is 0.326 e. The normalized spacial score (nSPS) is 16.5. The third kappa shape index (κ3) is 4.09. The Labute approximate surface area is 106 Å². The summed E-state index contributed by atoms with van der Waals surface area (Å²) in [5, 5.41) is 6.03. The quantitative estimate of drug-likeness (QED) is 0.841. The Kier molecular flexibility index (Phi) is 4.66. The van der Waals surface area contributed by atoms with E-state index in [0.29, 0.717) is 12.1 Å². The second kappa shape index (κ2) is 6.47. The highest BCUT2D eigenvalue weighted by Gasteiger charge is 2.11. The molecule has 0 unspecified atom stereocenters. The van der Waals surface area contributed by atoms with Gasteiger partial charge in [0.1, 0.15) is 5.82 Å². The first-order valence-electron chi connectivity index (χ1n) is 6.22. The molecule has 1 saturated heterocycles. The molecular weight excluding hydrogens is 233 g/mol. The molecule has 98 valence electrons. The van der Waals surface area contributed by atoms with Gasteiger partial charge in [-0.1, -0.05) is 0 Å². The topological polar surface area (TPSA) is 44.4 Å². The molecule has 1 aromatic rings. The number of piperazine rings is 1. The maximum absolute atomic E-state index is 12.7. The zero-order chi connectivity index (χ0) is 12.8. The first-order chi connectivity index (χ1) is 8.74. The fraction of sp³-hybridized carbons (Fsp3) is 0.462. The molecule has 0 bridgehead atoms. The van der Waals surface area contributed by atoms with Crippen LogP contribution in [0.25, 0.3) is 0 Å². The van der Waals surface area contributed by atoms with Gasteiger partial charge in [0, 0.05) is 44.8 Å².